The first-order chi connectivity index (χ1) is 10.6. The number of benzene rings is 1. The predicted molar refractivity (Wildman–Crippen MR) is 80.0 cm³/mol. The van der Waals surface area contributed by atoms with Crippen LogP contribution in [0.5, 0.6) is 0 Å². The van der Waals surface area contributed by atoms with Crippen molar-refractivity contribution in [3.63, 3.8) is 0 Å². The van der Waals surface area contributed by atoms with Gasteiger partial charge in [0.2, 0.25) is 0 Å². The summed E-state index contributed by atoms with van der Waals surface area (Å²) < 4.78 is 5.74. The number of rotatable bonds is 1. The van der Waals surface area contributed by atoms with E-state index in [1.165, 1.54) is 0 Å². The van der Waals surface area contributed by atoms with E-state index in [0.717, 1.165) is 37.3 Å². The molecule has 0 aromatic heterocycles. The number of ketones is 1. The molecule has 1 spiro atoms. The summed E-state index contributed by atoms with van der Waals surface area (Å²) in [5, 5.41) is 3.21. The van der Waals surface area contributed by atoms with Crippen LogP contribution < -0.4 is 5.32 Å². The minimum absolute atomic E-state index is 0.118. The van der Waals surface area contributed by atoms with Gasteiger partial charge in [0.1, 0.15) is 11.4 Å². The van der Waals surface area contributed by atoms with Crippen LogP contribution in [0.25, 0.3) is 0 Å². The minimum atomic E-state index is -0.487. The van der Waals surface area contributed by atoms with E-state index in [0.29, 0.717) is 5.56 Å². The molecule has 0 saturated carbocycles. The molecule has 114 valence electrons. The number of ether oxygens (including phenoxy) is 1. The molecule has 1 saturated heterocycles. The molecule has 3 aliphatic heterocycles. The Bertz CT molecular complexity index is 687. The zero-order chi connectivity index (χ0) is 15.3. The Kier molecular flexibility index (Phi) is 2.79. The highest BCUT2D eigenvalue weighted by Gasteiger charge is 2.47. The number of likely N-dealkylation sites (tertiary alicyclic amines) is 1. The third-order valence-corrected chi connectivity index (χ3v) is 4.91. The largest absolute Gasteiger partial charge is 0.450 e. The van der Waals surface area contributed by atoms with Crippen molar-refractivity contribution in [3.05, 3.63) is 47.3 Å². The Morgan fingerprint density at radius 2 is 1.95 bits per heavy atom. The van der Waals surface area contributed by atoms with Crippen LogP contribution in [0, 0.1) is 0 Å². The van der Waals surface area contributed by atoms with Crippen LogP contribution in [0.3, 0.4) is 0 Å². The van der Waals surface area contributed by atoms with E-state index in [1.54, 1.807) is 6.08 Å². The third kappa shape index (κ3) is 1.85. The van der Waals surface area contributed by atoms with Gasteiger partial charge in [-0.2, -0.15) is 0 Å². The molecule has 0 bridgehead atoms. The molecular weight excluding hydrogens is 280 g/mol. The fourth-order valence-corrected chi connectivity index (χ4v) is 3.60. The van der Waals surface area contributed by atoms with E-state index < -0.39 is 5.60 Å². The highest BCUT2D eigenvalue weighted by atomic mass is 16.6. The summed E-state index contributed by atoms with van der Waals surface area (Å²) >= 11 is 0. The zero-order valence-corrected chi connectivity index (χ0v) is 12.5. The van der Waals surface area contributed by atoms with Gasteiger partial charge >= 0.3 is 5.97 Å². The van der Waals surface area contributed by atoms with Gasteiger partial charge in [0.05, 0.1) is 11.6 Å². The van der Waals surface area contributed by atoms with Gasteiger partial charge in [-0.05, 0) is 13.0 Å². The van der Waals surface area contributed by atoms with Crippen molar-refractivity contribution in [2.24, 2.45) is 0 Å². The molecule has 0 amide bonds. The van der Waals surface area contributed by atoms with Crippen LogP contribution in [0.2, 0.25) is 0 Å². The highest BCUT2D eigenvalue weighted by Crippen LogP contribution is 2.44. The quantitative estimate of drug-likeness (QED) is 0.797. The lowest BCUT2D eigenvalue weighted by molar-refractivity contribution is -0.115. The Labute approximate surface area is 128 Å². The Morgan fingerprint density at radius 3 is 2.64 bits per heavy atom. The number of hydrogen-bond donors (Lipinski definition) is 1. The van der Waals surface area contributed by atoms with E-state index in [-0.39, 0.29) is 17.8 Å². The van der Waals surface area contributed by atoms with Crippen molar-refractivity contribution < 1.29 is 14.3 Å². The van der Waals surface area contributed by atoms with Crippen LogP contribution in [-0.4, -0.2) is 35.8 Å². The maximum absolute atomic E-state index is 12.1. The van der Waals surface area contributed by atoms with Crippen LogP contribution in [-0.2, 0) is 15.1 Å². The van der Waals surface area contributed by atoms with Gasteiger partial charge in [-0.3, -0.25) is 4.79 Å². The Balaban J connectivity index is 1.55. The predicted octanol–water partition coefficient (Wildman–Crippen LogP) is 1.55. The third-order valence-electron chi connectivity index (χ3n) is 4.91. The summed E-state index contributed by atoms with van der Waals surface area (Å²) in [6.45, 7) is 3.40. The fraction of sp³-hybridized carbons (Fsp3) is 0.412. The molecule has 1 fully saturated rings. The Morgan fingerprint density at radius 1 is 1.23 bits per heavy atom. The molecule has 22 heavy (non-hydrogen) atoms. The van der Waals surface area contributed by atoms with E-state index in [1.807, 2.05) is 31.2 Å². The molecule has 3 aliphatic rings. The molecule has 1 unspecified atom stereocenters. The molecule has 0 aliphatic carbocycles. The molecule has 1 atom stereocenters. The van der Waals surface area contributed by atoms with E-state index in [9.17, 15) is 9.59 Å². The van der Waals surface area contributed by atoms with Crippen LogP contribution in [0.1, 0.15) is 35.7 Å². The summed E-state index contributed by atoms with van der Waals surface area (Å²) in [6.07, 6.45) is 3.17. The first-order valence-corrected chi connectivity index (χ1v) is 7.69. The van der Waals surface area contributed by atoms with E-state index in [4.69, 9.17) is 4.74 Å². The van der Waals surface area contributed by atoms with Crippen molar-refractivity contribution in [2.75, 3.05) is 13.1 Å². The lowest BCUT2D eigenvalue weighted by Gasteiger charge is -2.40. The summed E-state index contributed by atoms with van der Waals surface area (Å²) in [5.74, 6) is 0.795. The maximum Gasteiger partial charge on any atom is 0.339 e. The first kappa shape index (κ1) is 13.4. The number of hydrogen-bond acceptors (Lipinski definition) is 5. The van der Waals surface area contributed by atoms with Gasteiger partial charge in [-0.15, -0.1) is 0 Å². The van der Waals surface area contributed by atoms with Crippen molar-refractivity contribution in [2.45, 2.75) is 31.4 Å². The van der Waals surface area contributed by atoms with Gasteiger partial charge in [-0.1, -0.05) is 18.2 Å². The summed E-state index contributed by atoms with van der Waals surface area (Å²) in [5.41, 5.74) is 1.22. The minimum Gasteiger partial charge on any atom is -0.450 e. The van der Waals surface area contributed by atoms with Crippen molar-refractivity contribution >= 4 is 11.8 Å². The second-order valence-electron chi connectivity index (χ2n) is 6.21. The lowest BCUT2D eigenvalue weighted by Crippen LogP contribution is -2.44. The number of piperidine rings is 1. The van der Waals surface area contributed by atoms with Gasteiger partial charge in [0.15, 0.2) is 5.78 Å². The monoisotopic (exact) mass is 298 g/mol. The molecule has 0 radical (unpaired) electrons. The smallest absolute Gasteiger partial charge is 0.339 e. The number of nitrogens with zero attached hydrogens (tertiary/aromatic N) is 1. The van der Waals surface area contributed by atoms with Crippen LogP contribution in [0.4, 0.5) is 0 Å². The van der Waals surface area contributed by atoms with Crippen molar-refractivity contribution in [3.8, 4) is 0 Å². The maximum atomic E-state index is 12.1. The highest BCUT2D eigenvalue weighted by molar-refractivity contribution is 5.97. The van der Waals surface area contributed by atoms with Crippen LogP contribution in [0.15, 0.2) is 36.2 Å². The molecular formula is C17H18N2O3. The topological polar surface area (TPSA) is 58.6 Å². The molecule has 1 aromatic rings. The summed E-state index contributed by atoms with van der Waals surface area (Å²) in [7, 11) is 0. The number of esters is 1. The zero-order valence-electron chi connectivity index (χ0n) is 12.5. The van der Waals surface area contributed by atoms with Gasteiger partial charge in [0, 0.05) is 37.6 Å². The fourth-order valence-electron chi connectivity index (χ4n) is 3.60. The van der Waals surface area contributed by atoms with E-state index >= 15 is 0 Å². The second-order valence-corrected chi connectivity index (χ2v) is 6.21. The standard InChI is InChI=1S/C17H18N2O3/c1-11-14(20)10-15(18-11)19-8-6-17(7-9-19)13-5-3-2-4-12(13)16(21)22-17/h2-5,10-11,18H,6-9H2,1H3. The second kappa shape index (κ2) is 4.60. The van der Waals surface area contributed by atoms with Crippen molar-refractivity contribution in [1.29, 1.82) is 0 Å². The average Bonchev–Trinajstić information content (AvgIpc) is 3.00. The normalized spacial score (nSPS) is 25.8. The first-order valence-electron chi connectivity index (χ1n) is 7.69. The number of carbonyl (C=O) groups excluding carboxylic acids is 2. The van der Waals surface area contributed by atoms with Gasteiger partial charge < -0.3 is 15.0 Å². The Hall–Kier alpha value is -2.30. The molecule has 4 rings (SSSR count). The molecule has 3 heterocycles. The van der Waals surface area contributed by atoms with E-state index in [2.05, 4.69) is 10.2 Å². The molecule has 1 aromatic carbocycles. The lowest BCUT2D eigenvalue weighted by atomic mass is 9.84. The molecule has 5 nitrogen and oxygen atoms in total. The summed E-state index contributed by atoms with van der Waals surface area (Å²) in [6, 6.07) is 7.51. The molecule has 5 heteroatoms. The summed E-state index contributed by atoms with van der Waals surface area (Å²) in [4.78, 5) is 25.9. The number of fused-ring (bicyclic) bond motifs is 2. The number of nitrogens with one attached hydrogen (secondary N) is 1. The average molecular weight is 298 g/mol. The SMILES string of the molecule is CC1NC(N2CCC3(CC2)OC(=O)c2ccccc23)=CC1=O. The molecule has 1 N–H and O–H groups in total. The van der Waals surface area contributed by atoms with Crippen LogP contribution >= 0.6 is 0 Å². The van der Waals surface area contributed by atoms with Gasteiger partial charge in [0.25, 0.3) is 0 Å². The van der Waals surface area contributed by atoms with Crippen molar-refractivity contribution in [1.82, 2.24) is 10.2 Å². The van der Waals surface area contributed by atoms with Gasteiger partial charge in [-0.25, -0.2) is 4.79 Å². The number of carbonyl (C=O) groups is 2.